The van der Waals surface area contributed by atoms with Gasteiger partial charge in [0.1, 0.15) is 18.5 Å². The number of nitrogens with two attached hydrogens (primary N) is 1. The van der Waals surface area contributed by atoms with E-state index >= 15 is 0 Å². The highest BCUT2D eigenvalue weighted by Crippen LogP contribution is 2.33. The smallest absolute Gasteiger partial charge is 0.154 e. The Hall–Kier alpha value is -4.05. The Kier molecular flexibility index (Phi) is 11.4. The lowest BCUT2D eigenvalue weighted by atomic mass is 9.93. The molecule has 6 N–H and O–H groups in total. The molecule has 0 fully saturated rings. The number of aromatic nitrogens is 1. The highest BCUT2D eigenvalue weighted by Gasteiger charge is 2.22. The van der Waals surface area contributed by atoms with Gasteiger partial charge >= 0.3 is 0 Å². The van der Waals surface area contributed by atoms with E-state index < -0.39 is 6.10 Å². The van der Waals surface area contributed by atoms with Gasteiger partial charge in [-0.25, -0.2) is 0 Å². The molecular weight excluding hydrogens is 556 g/mol. The first-order valence-electron chi connectivity index (χ1n) is 14.6. The van der Waals surface area contributed by atoms with Gasteiger partial charge in [-0.05, 0) is 81.2 Å². The largest absolute Gasteiger partial charge is 0.490 e. The zero-order valence-corrected chi connectivity index (χ0v) is 26.0. The van der Waals surface area contributed by atoms with Crippen LogP contribution in [0.2, 0.25) is 0 Å². The molecule has 43 heavy (non-hydrogen) atoms. The molecule has 0 saturated heterocycles. The van der Waals surface area contributed by atoms with Gasteiger partial charge in [-0.15, -0.1) is 16.4 Å². The number of fused-ring (bicyclic) bond motifs is 1. The fourth-order valence-electron chi connectivity index (χ4n) is 5.10. The van der Waals surface area contributed by atoms with Gasteiger partial charge in [0.25, 0.3) is 0 Å². The van der Waals surface area contributed by atoms with Gasteiger partial charge < -0.3 is 25.9 Å². The maximum absolute atomic E-state index is 10.7. The van der Waals surface area contributed by atoms with Crippen LogP contribution in [0.1, 0.15) is 44.7 Å². The predicted octanol–water partition coefficient (Wildman–Crippen LogP) is 7.38. The van der Waals surface area contributed by atoms with Gasteiger partial charge in [0.2, 0.25) is 0 Å². The number of aryl methyl sites for hydroxylation is 1. The Morgan fingerprint density at radius 3 is 2.77 bits per heavy atom. The van der Waals surface area contributed by atoms with E-state index in [0.717, 1.165) is 47.4 Å². The number of β-amino-alcohol motifs (C(OH)–C–C–N with tert-alkyl or cyclic N) is 1. The van der Waals surface area contributed by atoms with Crippen LogP contribution in [0, 0.1) is 5.53 Å². The fourth-order valence-corrected chi connectivity index (χ4v) is 5.85. The molecule has 4 aromatic rings. The van der Waals surface area contributed by atoms with E-state index in [-0.39, 0.29) is 18.0 Å². The number of nitrogens with zero attached hydrogens (tertiary/aromatic N) is 2. The van der Waals surface area contributed by atoms with Crippen molar-refractivity contribution in [3.8, 4) is 16.2 Å². The number of aliphatic hydroxyl groups is 1. The zero-order valence-electron chi connectivity index (χ0n) is 25.1. The Balaban J connectivity index is 1.29. The summed E-state index contributed by atoms with van der Waals surface area (Å²) in [5.41, 5.74) is 18.0. The molecule has 0 bridgehead atoms. The molecule has 1 atom stereocenters. The third-order valence-electron chi connectivity index (χ3n) is 7.32. The average Bonchev–Trinajstić information content (AvgIpc) is 3.68. The summed E-state index contributed by atoms with van der Waals surface area (Å²) < 4.78 is 6.03. The van der Waals surface area contributed by atoms with Crippen LogP contribution in [0.3, 0.4) is 0 Å². The second kappa shape index (κ2) is 15.4. The van der Waals surface area contributed by atoms with E-state index in [1.165, 1.54) is 22.0 Å². The Morgan fingerprint density at radius 2 is 2.00 bits per heavy atom. The van der Waals surface area contributed by atoms with Crippen LogP contribution in [-0.2, 0) is 12.8 Å². The van der Waals surface area contributed by atoms with Crippen molar-refractivity contribution in [1.82, 2.24) is 10.3 Å². The van der Waals surface area contributed by atoms with Gasteiger partial charge in [0.05, 0.1) is 0 Å². The second-order valence-electron chi connectivity index (χ2n) is 11.2. The van der Waals surface area contributed by atoms with Crippen LogP contribution < -0.4 is 15.8 Å². The third-order valence-corrected chi connectivity index (χ3v) is 8.22. The molecule has 0 aliphatic rings. The van der Waals surface area contributed by atoms with E-state index in [4.69, 9.17) is 16.0 Å². The van der Waals surface area contributed by atoms with Crippen molar-refractivity contribution in [3.63, 3.8) is 0 Å². The van der Waals surface area contributed by atoms with E-state index in [9.17, 15) is 5.11 Å². The van der Waals surface area contributed by atoms with Gasteiger partial charge in [-0.2, -0.15) is 5.53 Å². The maximum Gasteiger partial charge on any atom is 0.154 e. The number of amidine groups is 1. The summed E-state index contributed by atoms with van der Waals surface area (Å²) in [5.74, 6) is 1.03. The van der Waals surface area contributed by atoms with Crippen molar-refractivity contribution in [1.29, 1.82) is 5.53 Å². The van der Waals surface area contributed by atoms with Crippen LogP contribution in [-0.4, -0.2) is 40.7 Å². The number of H-pyrrole nitrogens is 1. The first-order chi connectivity index (χ1) is 20.8. The lowest BCUT2D eigenvalue weighted by Crippen LogP contribution is -2.46. The number of nitrogens with one attached hydrogen (secondary N) is 3. The predicted molar refractivity (Wildman–Crippen MR) is 178 cm³/mol. The number of hydrogen-bond acceptors (Lipinski definition) is 6. The number of benzene rings is 2. The van der Waals surface area contributed by atoms with Gasteiger partial charge in [0, 0.05) is 45.2 Å². The number of unbranched alkanes of at least 4 members (excludes halogenated alkanes) is 1. The SMILES string of the molecule is C/C=C(\C=C/CCCc1cccc2c(CC(C)(C)NCC(O)COc3ccccc3-c3cccs3)c[nH]c12)C(N)=NN=N. The average molecular weight is 599 g/mol. The highest BCUT2D eigenvalue weighted by molar-refractivity contribution is 7.13. The van der Waals surface area contributed by atoms with Crippen molar-refractivity contribution in [2.24, 2.45) is 16.1 Å². The molecule has 0 spiro atoms. The summed E-state index contributed by atoms with van der Waals surface area (Å²) in [7, 11) is 0. The lowest BCUT2D eigenvalue weighted by molar-refractivity contribution is 0.0991. The highest BCUT2D eigenvalue weighted by atomic mass is 32.1. The summed E-state index contributed by atoms with van der Waals surface area (Å²) >= 11 is 1.67. The van der Waals surface area contributed by atoms with E-state index in [0.29, 0.717) is 6.54 Å². The third kappa shape index (κ3) is 8.97. The summed E-state index contributed by atoms with van der Waals surface area (Å²) in [6, 6.07) is 18.5. The molecule has 2 heterocycles. The van der Waals surface area contributed by atoms with Gasteiger partial charge in [0.15, 0.2) is 5.84 Å². The quantitative estimate of drug-likeness (QED) is 0.0230. The topological polar surface area (TPSA) is 132 Å². The molecule has 0 amide bonds. The molecular formula is C34H42N6O2S. The van der Waals surface area contributed by atoms with Crippen LogP contribution in [0.5, 0.6) is 5.75 Å². The normalized spacial score (nSPS) is 13.6. The van der Waals surface area contributed by atoms with Crippen molar-refractivity contribution in [2.45, 2.75) is 58.1 Å². The number of rotatable bonds is 16. The van der Waals surface area contributed by atoms with Crippen molar-refractivity contribution >= 4 is 28.1 Å². The van der Waals surface area contributed by atoms with E-state index in [2.05, 4.69) is 76.4 Å². The molecule has 0 aliphatic heterocycles. The molecule has 0 saturated carbocycles. The zero-order chi connectivity index (χ0) is 30.7. The minimum atomic E-state index is -0.639. The number of hydrogen-bond donors (Lipinski definition) is 5. The van der Waals surface area contributed by atoms with Crippen LogP contribution in [0.4, 0.5) is 0 Å². The molecule has 226 valence electrons. The molecule has 0 aliphatic carbocycles. The first kappa shape index (κ1) is 31.9. The standard InChI is InChI=1S/C34H42N6O2S/c1-4-24(33(35)39-40-36)12-6-5-7-13-25-14-10-16-28-26(21-37-32(25)28)20-34(2,3)38-22-27(41)23-42-30-17-9-8-15-29(30)31-18-11-19-43-31/h4,6,8-12,14-19,21,27,37-38,41H,5,7,13,20,22-23H2,1-3H3,(H3,35,36,39)/b12-6-,24-4+. The number of thiophene rings is 1. The first-order valence-corrected chi connectivity index (χ1v) is 15.5. The lowest BCUT2D eigenvalue weighted by Gasteiger charge is -2.28. The molecule has 1 unspecified atom stereocenters. The number of aromatic amines is 1. The van der Waals surface area contributed by atoms with Crippen LogP contribution >= 0.6 is 11.3 Å². The summed E-state index contributed by atoms with van der Waals surface area (Å²) in [6.07, 6.45) is 11.0. The molecule has 2 aromatic heterocycles. The molecule has 0 radical (unpaired) electrons. The minimum absolute atomic E-state index is 0.217. The Labute approximate surface area is 257 Å². The molecule has 4 rings (SSSR count). The van der Waals surface area contributed by atoms with Crippen molar-refractivity contribution in [2.75, 3.05) is 13.2 Å². The maximum atomic E-state index is 10.7. The number of ether oxygens (including phenoxy) is 1. The number of para-hydroxylation sites is 2. The monoisotopic (exact) mass is 598 g/mol. The number of allylic oxidation sites excluding steroid dienone is 2. The summed E-state index contributed by atoms with van der Waals surface area (Å²) in [6.45, 7) is 6.86. The summed E-state index contributed by atoms with van der Waals surface area (Å²) in [5, 5.41) is 24.1. The van der Waals surface area contributed by atoms with Gasteiger partial charge in [-0.3, -0.25) is 0 Å². The van der Waals surface area contributed by atoms with Gasteiger partial charge in [-0.1, -0.05) is 59.8 Å². The summed E-state index contributed by atoms with van der Waals surface area (Å²) in [4.78, 5) is 4.66. The van der Waals surface area contributed by atoms with E-state index in [1.807, 2.05) is 49.4 Å². The Morgan fingerprint density at radius 1 is 1.16 bits per heavy atom. The Bertz CT molecular complexity index is 1570. The minimum Gasteiger partial charge on any atom is -0.490 e. The number of aliphatic hydroxyl groups excluding tert-OH is 1. The van der Waals surface area contributed by atoms with E-state index in [1.54, 1.807) is 11.3 Å². The van der Waals surface area contributed by atoms with Crippen molar-refractivity contribution in [3.05, 3.63) is 101 Å². The van der Waals surface area contributed by atoms with Crippen LogP contribution in [0.25, 0.3) is 21.3 Å². The van der Waals surface area contributed by atoms with Crippen LogP contribution in [0.15, 0.2) is 100 Å². The molecule has 2 aromatic carbocycles. The molecule has 8 nitrogen and oxygen atoms in total. The molecule has 9 heteroatoms. The van der Waals surface area contributed by atoms with Crippen molar-refractivity contribution < 1.29 is 9.84 Å². The second-order valence-corrected chi connectivity index (χ2v) is 12.1. The fraction of sp³-hybridized carbons (Fsp3) is 0.324.